The van der Waals surface area contributed by atoms with Crippen LogP contribution >= 0.6 is 0 Å². The Morgan fingerprint density at radius 3 is 2.21 bits per heavy atom. The SMILES string of the molecule is O=C1C=CC(CC2CO2)=C(CC2CO2)C1CC1CO1. The highest BCUT2D eigenvalue weighted by molar-refractivity contribution is 5.96. The first-order valence-corrected chi connectivity index (χ1v) is 7.08. The Hall–Kier alpha value is -0.970. The van der Waals surface area contributed by atoms with Crippen molar-refractivity contribution in [1.82, 2.24) is 0 Å². The summed E-state index contributed by atoms with van der Waals surface area (Å²) < 4.78 is 16.0. The van der Waals surface area contributed by atoms with E-state index in [0.29, 0.717) is 12.2 Å². The molecule has 0 saturated carbocycles. The molecule has 3 saturated heterocycles. The first-order valence-electron chi connectivity index (χ1n) is 7.08. The molecular formula is C15H18O4. The lowest BCUT2D eigenvalue weighted by molar-refractivity contribution is -0.117. The first-order chi connectivity index (χ1) is 9.29. The lowest BCUT2D eigenvalue weighted by Crippen LogP contribution is -2.23. The summed E-state index contributed by atoms with van der Waals surface area (Å²) in [6, 6.07) is 0. The monoisotopic (exact) mass is 262 g/mol. The van der Waals surface area contributed by atoms with E-state index >= 15 is 0 Å². The average Bonchev–Trinajstić information content (AvgIpc) is 3.24. The Labute approximate surface area is 112 Å². The standard InChI is InChI=1S/C15H18O4/c16-15-2-1-9(3-10-6-17-10)13(4-11-7-18-11)14(15)5-12-8-19-12/h1-2,10-12,14H,3-8H2. The number of rotatable bonds is 6. The fourth-order valence-corrected chi connectivity index (χ4v) is 2.86. The van der Waals surface area contributed by atoms with Gasteiger partial charge in [0, 0.05) is 12.3 Å². The van der Waals surface area contributed by atoms with Gasteiger partial charge in [0.2, 0.25) is 0 Å². The van der Waals surface area contributed by atoms with Crippen molar-refractivity contribution >= 4 is 5.78 Å². The molecule has 0 amide bonds. The van der Waals surface area contributed by atoms with E-state index in [0.717, 1.165) is 39.1 Å². The molecule has 0 N–H and O–H groups in total. The zero-order valence-corrected chi connectivity index (χ0v) is 10.8. The maximum atomic E-state index is 12.2. The van der Waals surface area contributed by atoms with Crippen LogP contribution in [0.15, 0.2) is 23.3 Å². The summed E-state index contributed by atoms with van der Waals surface area (Å²) in [5.74, 6) is 0.238. The van der Waals surface area contributed by atoms with Crippen LogP contribution < -0.4 is 0 Å². The number of carbonyl (C=O) groups excluding carboxylic acids is 1. The van der Waals surface area contributed by atoms with Crippen molar-refractivity contribution in [2.75, 3.05) is 19.8 Å². The van der Waals surface area contributed by atoms with E-state index in [-0.39, 0.29) is 17.8 Å². The van der Waals surface area contributed by atoms with Crippen LogP contribution in [0.25, 0.3) is 0 Å². The summed E-state index contributed by atoms with van der Waals surface area (Å²) in [4.78, 5) is 12.2. The van der Waals surface area contributed by atoms with Gasteiger partial charge in [-0.05, 0) is 24.5 Å². The minimum Gasteiger partial charge on any atom is -0.373 e. The maximum absolute atomic E-state index is 12.2. The molecule has 0 spiro atoms. The maximum Gasteiger partial charge on any atom is 0.162 e. The number of hydrogen-bond donors (Lipinski definition) is 0. The Bertz CT molecular complexity index is 453. The molecule has 4 atom stereocenters. The predicted octanol–water partition coefficient (Wildman–Crippen LogP) is 1.40. The molecule has 102 valence electrons. The smallest absolute Gasteiger partial charge is 0.162 e. The van der Waals surface area contributed by atoms with Crippen molar-refractivity contribution in [2.24, 2.45) is 5.92 Å². The molecule has 4 aliphatic rings. The third-order valence-electron chi connectivity index (χ3n) is 4.23. The number of allylic oxidation sites excluding steroid dienone is 2. The highest BCUT2D eigenvalue weighted by atomic mass is 16.6. The summed E-state index contributed by atoms with van der Waals surface area (Å²) in [5, 5.41) is 0. The molecule has 0 radical (unpaired) electrons. The molecule has 4 unspecified atom stereocenters. The topological polar surface area (TPSA) is 54.7 Å². The molecular weight excluding hydrogens is 244 g/mol. The number of carbonyl (C=O) groups is 1. The zero-order chi connectivity index (χ0) is 12.8. The van der Waals surface area contributed by atoms with Gasteiger partial charge in [-0.25, -0.2) is 0 Å². The molecule has 0 aromatic heterocycles. The lowest BCUT2D eigenvalue weighted by atomic mass is 9.79. The van der Waals surface area contributed by atoms with Gasteiger partial charge < -0.3 is 14.2 Å². The first kappa shape index (κ1) is 11.8. The molecule has 0 bridgehead atoms. The van der Waals surface area contributed by atoms with Gasteiger partial charge >= 0.3 is 0 Å². The molecule has 3 aliphatic heterocycles. The third-order valence-corrected chi connectivity index (χ3v) is 4.23. The van der Waals surface area contributed by atoms with Crippen LogP contribution in [0.4, 0.5) is 0 Å². The third kappa shape index (κ3) is 2.81. The fourth-order valence-electron chi connectivity index (χ4n) is 2.86. The van der Waals surface area contributed by atoms with Crippen LogP contribution in [0.5, 0.6) is 0 Å². The molecule has 0 aromatic rings. The summed E-state index contributed by atoms with van der Waals surface area (Å²) in [7, 11) is 0. The highest BCUT2D eigenvalue weighted by Gasteiger charge is 2.38. The van der Waals surface area contributed by atoms with E-state index in [4.69, 9.17) is 14.2 Å². The van der Waals surface area contributed by atoms with Gasteiger partial charge in [0.1, 0.15) is 0 Å². The molecule has 1 aliphatic carbocycles. The van der Waals surface area contributed by atoms with E-state index in [1.54, 1.807) is 6.08 Å². The van der Waals surface area contributed by atoms with Crippen molar-refractivity contribution in [3.05, 3.63) is 23.3 Å². The van der Waals surface area contributed by atoms with Crippen molar-refractivity contribution in [2.45, 2.75) is 37.6 Å². The molecule has 4 nitrogen and oxygen atoms in total. The van der Waals surface area contributed by atoms with E-state index in [1.165, 1.54) is 11.1 Å². The zero-order valence-electron chi connectivity index (χ0n) is 10.8. The number of ketones is 1. The summed E-state index contributed by atoms with van der Waals surface area (Å²) >= 11 is 0. The van der Waals surface area contributed by atoms with E-state index in [2.05, 4.69) is 0 Å². The highest BCUT2D eigenvalue weighted by Crippen LogP contribution is 2.38. The minimum atomic E-state index is 0.00968. The molecule has 3 heterocycles. The Morgan fingerprint density at radius 2 is 1.58 bits per heavy atom. The normalized spacial score (nSPS) is 39.7. The van der Waals surface area contributed by atoms with Gasteiger partial charge in [0.05, 0.1) is 38.1 Å². The van der Waals surface area contributed by atoms with E-state index in [9.17, 15) is 4.79 Å². The summed E-state index contributed by atoms with van der Waals surface area (Å²) in [6.07, 6.45) is 7.37. The number of epoxide rings is 3. The van der Waals surface area contributed by atoms with Crippen molar-refractivity contribution in [3.63, 3.8) is 0 Å². The molecule has 19 heavy (non-hydrogen) atoms. The van der Waals surface area contributed by atoms with Crippen molar-refractivity contribution < 1.29 is 19.0 Å². The van der Waals surface area contributed by atoms with Crippen LogP contribution in [-0.2, 0) is 19.0 Å². The fraction of sp³-hybridized carbons (Fsp3) is 0.667. The molecule has 3 fully saturated rings. The van der Waals surface area contributed by atoms with Crippen molar-refractivity contribution in [1.29, 1.82) is 0 Å². The summed E-state index contributed by atoms with van der Waals surface area (Å²) in [6.45, 7) is 2.50. The largest absolute Gasteiger partial charge is 0.373 e. The quantitative estimate of drug-likeness (QED) is 0.679. The number of hydrogen-bond acceptors (Lipinski definition) is 4. The molecule has 4 heteroatoms. The Kier molecular flexibility index (Phi) is 2.83. The minimum absolute atomic E-state index is 0.00968. The van der Waals surface area contributed by atoms with E-state index < -0.39 is 0 Å². The summed E-state index contributed by atoms with van der Waals surface area (Å²) in [5.41, 5.74) is 2.57. The predicted molar refractivity (Wildman–Crippen MR) is 67.7 cm³/mol. The number of ether oxygens (including phenoxy) is 3. The van der Waals surface area contributed by atoms with Gasteiger partial charge in [-0.15, -0.1) is 0 Å². The Morgan fingerprint density at radius 1 is 0.947 bits per heavy atom. The van der Waals surface area contributed by atoms with Gasteiger partial charge in [-0.1, -0.05) is 11.6 Å². The molecule has 0 aromatic carbocycles. The average molecular weight is 262 g/mol. The van der Waals surface area contributed by atoms with Crippen LogP contribution in [0, 0.1) is 5.92 Å². The van der Waals surface area contributed by atoms with Crippen LogP contribution in [-0.4, -0.2) is 43.9 Å². The van der Waals surface area contributed by atoms with Gasteiger partial charge in [-0.2, -0.15) is 0 Å². The second-order valence-electron chi connectivity index (χ2n) is 5.85. The van der Waals surface area contributed by atoms with E-state index in [1.807, 2.05) is 6.08 Å². The lowest BCUT2D eigenvalue weighted by Gasteiger charge is -2.23. The van der Waals surface area contributed by atoms with Gasteiger partial charge in [-0.3, -0.25) is 4.79 Å². The van der Waals surface area contributed by atoms with Crippen LogP contribution in [0.2, 0.25) is 0 Å². The van der Waals surface area contributed by atoms with Gasteiger partial charge in [0.15, 0.2) is 5.78 Å². The Balaban J connectivity index is 1.58. The van der Waals surface area contributed by atoms with Gasteiger partial charge in [0.25, 0.3) is 0 Å². The second kappa shape index (κ2) is 4.54. The second-order valence-corrected chi connectivity index (χ2v) is 5.85. The van der Waals surface area contributed by atoms with Crippen LogP contribution in [0.3, 0.4) is 0 Å². The van der Waals surface area contributed by atoms with Crippen molar-refractivity contribution in [3.8, 4) is 0 Å². The van der Waals surface area contributed by atoms with Crippen LogP contribution in [0.1, 0.15) is 19.3 Å². The molecule has 4 rings (SSSR count).